The molecule has 0 aliphatic carbocycles. The molecule has 0 saturated carbocycles. The maximum Gasteiger partial charge on any atom is 0.290 e. The summed E-state index contributed by atoms with van der Waals surface area (Å²) in [7, 11) is 0. The number of imidazole rings is 1. The van der Waals surface area contributed by atoms with Gasteiger partial charge in [0.25, 0.3) is 6.47 Å². The van der Waals surface area contributed by atoms with Gasteiger partial charge in [0.05, 0.1) is 6.33 Å². The van der Waals surface area contributed by atoms with Gasteiger partial charge in [0.2, 0.25) is 5.95 Å². The molecule has 6 N–H and O–H groups in total. The second kappa shape index (κ2) is 15.2. The van der Waals surface area contributed by atoms with Crippen LogP contribution in [-0.4, -0.2) is 86.8 Å². The first-order valence-corrected chi connectivity index (χ1v) is 15.2. The Balaban J connectivity index is 0.00000129. The number of carboxylic acid groups (broad SMARTS) is 1. The van der Waals surface area contributed by atoms with Crippen LogP contribution in [-0.2, 0) is 16.0 Å². The number of rotatable bonds is 11. The largest absolute Gasteiger partial charge is 0.483 e. The Hall–Kier alpha value is -5.77. The Morgan fingerprint density at radius 3 is 2.27 bits per heavy atom. The van der Waals surface area contributed by atoms with Crippen LogP contribution in [0.4, 0.5) is 11.8 Å². The molecule has 7 rings (SSSR count). The number of aromatic amines is 1. The molecule has 0 radical (unpaired) electrons. The van der Waals surface area contributed by atoms with Crippen LogP contribution in [0.25, 0.3) is 11.2 Å². The SMILES string of the molecule is O=CO.O[C@@H]1[C@H](O)[C@@H](c2nnc[nH]2)O[C@H]1n1cnc2c(NCC(c3ccccc3)c3ccccc3)nc(NCCc3ccccn3)nc21. The molecule has 1 aliphatic heterocycles. The van der Waals surface area contributed by atoms with Gasteiger partial charge in [-0.05, 0) is 23.3 Å². The van der Waals surface area contributed by atoms with Crippen LogP contribution in [0.3, 0.4) is 0 Å². The molecule has 0 unspecified atom stereocenters. The third-order valence-electron chi connectivity index (χ3n) is 7.91. The lowest BCUT2D eigenvalue weighted by atomic mass is 9.91. The lowest BCUT2D eigenvalue weighted by Crippen LogP contribution is -2.29. The number of aliphatic hydroxyl groups excluding tert-OH is 2. The fraction of sp³-hybridized carbons (Fsp3) is 0.242. The molecule has 1 fully saturated rings. The summed E-state index contributed by atoms with van der Waals surface area (Å²) in [5.74, 6) is 1.25. The summed E-state index contributed by atoms with van der Waals surface area (Å²) in [6.45, 7) is 0.830. The minimum atomic E-state index is -1.27. The number of nitrogens with zero attached hydrogens (tertiary/aromatic N) is 7. The molecule has 5 heterocycles. The first-order valence-electron chi connectivity index (χ1n) is 15.2. The van der Waals surface area contributed by atoms with Gasteiger partial charge in [0.1, 0.15) is 24.6 Å². The highest BCUT2D eigenvalue weighted by molar-refractivity contribution is 5.84. The maximum absolute atomic E-state index is 11.0. The maximum atomic E-state index is 11.0. The molecule has 246 valence electrons. The average molecular weight is 651 g/mol. The highest BCUT2D eigenvalue weighted by Crippen LogP contribution is 2.39. The Bertz CT molecular complexity index is 1840. The molecule has 0 amide bonds. The van der Waals surface area contributed by atoms with Crippen molar-refractivity contribution in [2.45, 2.75) is 36.9 Å². The molecule has 1 aliphatic rings. The van der Waals surface area contributed by atoms with Gasteiger partial charge in [0, 0.05) is 37.3 Å². The Morgan fingerprint density at radius 1 is 0.917 bits per heavy atom. The van der Waals surface area contributed by atoms with Crippen LogP contribution >= 0.6 is 0 Å². The van der Waals surface area contributed by atoms with Gasteiger partial charge in [-0.3, -0.25) is 14.3 Å². The van der Waals surface area contributed by atoms with E-state index >= 15 is 0 Å². The van der Waals surface area contributed by atoms with Gasteiger partial charge in [-0.25, -0.2) is 4.98 Å². The van der Waals surface area contributed by atoms with E-state index in [1.54, 1.807) is 10.8 Å². The lowest BCUT2D eigenvalue weighted by Gasteiger charge is -2.20. The van der Waals surface area contributed by atoms with Crippen molar-refractivity contribution in [2.24, 2.45) is 0 Å². The summed E-state index contributed by atoms with van der Waals surface area (Å²) in [6, 6.07) is 26.4. The van der Waals surface area contributed by atoms with Gasteiger partial charge in [-0.15, -0.1) is 10.2 Å². The number of anilines is 2. The van der Waals surface area contributed by atoms with Gasteiger partial charge in [0.15, 0.2) is 29.0 Å². The molecule has 6 aromatic rings. The zero-order chi connectivity index (χ0) is 33.3. The zero-order valence-corrected chi connectivity index (χ0v) is 25.6. The molecule has 15 heteroatoms. The number of pyridine rings is 1. The van der Waals surface area contributed by atoms with Crippen molar-refractivity contribution in [3.63, 3.8) is 0 Å². The first kappa shape index (κ1) is 32.2. The quantitative estimate of drug-likeness (QED) is 0.112. The summed E-state index contributed by atoms with van der Waals surface area (Å²) < 4.78 is 7.71. The van der Waals surface area contributed by atoms with Crippen molar-refractivity contribution < 1.29 is 24.9 Å². The van der Waals surface area contributed by atoms with Gasteiger partial charge in [-0.2, -0.15) is 9.97 Å². The normalized spacial score (nSPS) is 18.7. The second-order valence-corrected chi connectivity index (χ2v) is 10.9. The number of aromatic nitrogens is 8. The van der Waals surface area contributed by atoms with E-state index in [0.29, 0.717) is 48.3 Å². The molecule has 48 heavy (non-hydrogen) atoms. The third kappa shape index (κ3) is 7.12. The number of hydrogen-bond acceptors (Lipinski definition) is 12. The van der Waals surface area contributed by atoms with E-state index in [9.17, 15) is 10.2 Å². The monoisotopic (exact) mass is 650 g/mol. The minimum absolute atomic E-state index is 0.0397. The Labute approximate surface area is 274 Å². The first-order chi connectivity index (χ1) is 23.6. The summed E-state index contributed by atoms with van der Waals surface area (Å²) >= 11 is 0. The van der Waals surface area contributed by atoms with E-state index in [1.165, 1.54) is 12.7 Å². The van der Waals surface area contributed by atoms with E-state index < -0.39 is 24.5 Å². The van der Waals surface area contributed by atoms with E-state index in [2.05, 4.69) is 60.0 Å². The number of hydrogen-bond donors (Lipinski definition) is 6. The predicted molar refractivity (Wildman–Crippen MR) is 175 cm³/mol. The fourth-order valence-corrected chi connectivity index (χ4v) is 5.62. The Morgan fingerprint density at radius 2 is 1.62 bits per heavy atom. The lowest BCUT2D eigenvalue weighted by molar-refractivity contribution is -0.122. The number of H-pyrrole nitrogens is 1. The van der Waals surface area contributed by atoms with Crippen molar-refractivity contribution in [2.75, 3.05) is 23.7 Å². The fourth-order valence-electron chi connectivity index (χ4n) is 5.62. The summed E-state index contributed by atoms with van der Waals surface area (Å²) in [4.78, 5) is 29.8. The van der Waals surface area contributed by atoms with Gasteiger partial charge < -0.3 is 35.7 Å². The molecular weight excluding hydrogens is 616 g/mol. The van der Waals surface area contributed by atoms with Crippen molar-refractivity contribution in [1.82, 2.24) is 39.7 Å². The van der Waals surface area contributed by atoms with Crippen molar-refractivity contribution >= 4 is 29.4 Å². The zero-order valence-electron chi connectivity index (χ0n) is 25.6. The summed E-state index contributed by atoms with van der Waals surface area (Å²) in [6.07, 6.45) is 0.967. The smallest absolute Gasteiger partial charge is 0.290 e. The van der Waals surface area contributed by atoms with Crippen molar-refractivity contribution in [1.29, 1.82) is 0 Å². The number of carbonyl (C=O) groups is 1. The van der Waals surface area contributed by atoms with Gasteiger partial charge >= 0.3 is 0 Å². The van der Waals surface area contributed by atoms with Crippen LogP contribution in [0.5, 0.6) is 0 Å². The van der Waals surface area contributed by atoms with Crippen molar-refractivity contribution in [3.05, 3.63) is 120 Å². The Kier molecular flexibility index (Phi) is 10.2. The minimum Gasteiger partial charge on any atom is -0.483 e. The van der Waals surface area contributed by atoms with E-state index in [0.717, 1.165) is 16.8 Å². The second-order valence-electron chi connectivity index (χ2n) is 10.9. The van der Waals surface area contributed by atoms with Crippen LogP contribution in [0, 0.1) is 0 Å². The standard InChI is InChI=1S/C32H32N10O3.CH2O2/c43-25-26(44)31(45-27(25)29-36-18-38-41-29)42-19-37-24-28(39-32(40-30(24)42)34-16-14-22-13-7-8-15-33-22)35-17-23(20-9-3-1-4-10-20)21-11-5-2-6-12-21;2-1-3/h1-13,15,18-19,23,25-27,31,43-44H,14,16-17H2,(H,36,38,41)(H2,34,35,39,40);1H,(H,2,3)/t25-,26+,27-,31+;/m0./s1. The molecule has 0 spiro atoms. The van der Waals surface area contributed by atoms with E-state index in [1.807, 2.05) is 54.6 Å². The average Bonchev–Trinajstić information content (AvgIpc) is 3.87. The van der Waals surface area contributed by atoms with E-state index in [4.69, 9.17) is 24.6 Å². The van der Waals surface area contributed by atoms with Crippen molar-refractivity contribution in [3.8, 4) is 0 Å². The van der Waals surface area contributed by atoms with Crippen LogP contribution in [0.1, 0.15) is 40.9 Å². The molecule has 4 aromatic heterocycles. The van der Waals surface area contributed by atoms with Crippen LogP contribution in [0.2, 0.25) is 0 Å². The number of fused-ring (bicyclic) bond motifs is 1. The number of ether oxygens (including phenoxy) is 1. The van der Waals surface area contributed by atoms with E-state index in [-0.39, 0.29) is 12.4 Å². The summed E-state index contributed by atoms with van der Waals surface area (Å²) in [5.41, 5.74) is 4.20. The summed E-state index contributed by atoms with van der Waals surface area (Å²) in [5, 5.41) is 43.3. The topological polar surface area (TPSA) is 209 Å². The number of benzene rings is 2. The number of nitrogens with one attached hydrogen (secondary N) is 3. The molecule has 2 aromatic carbocycles. The highest BCUT2D eigenvalue weighted by Gasteiger charge is 2.46. The molecular formula is C33H34N10O5. The predicted octanol–water partition coefficient (Wildman–Crippen LogP) is 2.93. The van der Waals surface area contributed by atoms with Crippen LogP contribution < -0.4 is 10.6 Å². The number of aliphatic hydroxyl groups is 2. The third-order valence-corrected chi connectivity index (χ3v) is 7.91. The molecule has 1 saturated heterocycles. The highest BCUT2D eigenvalue weighted by atomic mass is 16.6. The molecule has 0 bridgehead atoms. The molecule has 4 atom stereocenters. The molecule has 15 nitrogen and oxygen atoms in total. The van der Waals surface area contributed by atoms with Gasteiger partial charge in [-0.1, -0.05) is 66.7 Å². The van der Waals surface area contributed by atoms with Crippen LogP contribution in [0.15, 0.2) is 97.7 Å².